The zero-order chi connectivity index (χ0) is 19.9. The summed E-state index contributed by atoms with van der Waals surface area (Å²) in [6, 6.07) is 17.6. The Bertz CT molecular complexity index is 667. The van der Waals surface area contributed by atoms with Crippen LogP contribution in [0, 0.1) is 0 Å². The van der Waals surface area contributed by atoms with Gasteiger partial charge in [-0.25, -0.2) is 0 Å². The Balaban J connectivity index is 1.96. The molecule has 2 aromatic rings. The molecule has 27 heavy (non-hydrogen) atoms. The molecule has 0 unspecified atom stereocenters. The van der Waals surface area contributed by atoms with Gasteiger partial charge in [0.1, 0.15) is 0 Å². The fourth-order valence-electron chi connectivity index (χ4n) is 3.25. The summed E-state index contributed by atoms with van der Waals surface area (Å²) in [5.41, 5.74) is 5.18. The summed E-state index contributed by atoms with van der Waals surface area (Å²) in [7, 11) is 0. The highest BCUT2D eigenvalue weighted by Crippen LogP contribution is 2.28. The van der Waals surface area contributed by atoms with Gasteiger partial charge in [-0.3, -0.25) is 0 Å². The molecule has 0 bridgehead atoms. The van der Waals surface area contributed by atoms with Crippen molar-refractivity contribution in [1.29, 1.82) is 0 Å². The van der Waals surface area contributed by atoms with Crippen molar-refractivity contribution in [2.75, 3.05) is 13.2 Å². The lowest BCUT2D eigenvalue weighted by Crippen LogP contribution is -2.30. The molecule has 0 aliphatic heterocycles. The van der Waals surface area contributed by atoms with Crippen LogP contribution in [0.3, 0.4) is 0 Å². The Morgan fingerprint density at radius 1 is 0.667 bits per heavy atom. The SMILES string of the molecule is C=CCc1ccc(C(C)(C)COCC(C)(C)c2ccc(CC=C)cc2)cc1. The van der Waals surface area contributed by atoms with Gasteiger partial charge in [0.2, 0.25) is 0 Å². The summed E-state index contributed by atoms with van der Waals surface area (Å²) >= 11 is 0. The normalized spacial score (nSPS) is 12.0. The van der Waals surface area contributed by atoms with Crippen LogP contribution in [-0.2, 0) is 28.4 Å². The molecule has 0 radical (unpaired) electrons. The van der Waals surface area contributed by atoms with E-state index >= 15 is 0 Å². The molecule has 0 saturated heterocycles. The largest absolute Gasteiger partial charge is 0.380 e. The van der Waals surface area contributed by atoms with Crippen molar-refractivity contribution in [3.8, 4) is 0 Å². The van der Waals surface area contributed by atoms with E-state index in [1.165, 1.54) is 22.3 Å². The highest BCUT2D eigenvalue weighted by molar-refractivity contribution is 5.30. The van der Waals surface area contributed by atoms with Gasteiger partial charge in [-0.15, -0.1) is 13.2 Å². The van der Waals surface area contributed by atoms with E-state index in [-0.39, 0.29) is 10.8 Å². The minimum atomic E-state index is -0.0173. The van der Waals surface area contributed by atoms with Crippen molar-refractivity contribution >= 4 is 0 Å². The van der Waals surface area contributed by atoms with Gasteiger partial charge in [0.25, 0.3) is 0 Å². The molecule has 2 rings (SSSR count). The molecule has 0 N–H and O–H groups in total. The van der Waals surface area contributed by atoms with Crippen LogP contribution < -0.4 is 0 Å². The number of hydrogen-bond donors (Lipinski definition) is 0. The van der Waals surface area contributed by atoms with Gasteiger partial charge in [-0.2, -0.15) is 0 Å². The minimum absolute atomic E-state index is 0.0173. The number of benzene rings is 2. The smallest absolute Gasteiger partial charge is 0.0558 e. The van der Waals surface area contributed by atoms with Crippen LogP contribution in [0.5, 0.6) is 0 Å². The van der Waals surface area contributed by atoms with E-state index in [4.69, 9.17) is 4.74 Å². The van der Waals surface area contributed by atoms with E-state index < -0.39 is 0 Å². The monoisotopic (exact) mass is 362 g/mol. The molecule has 0 aliphatic rings. The molecule has 0 atom stereocenters. The quantitative estimate of drug-likeness (QED) is 0.443. The van der Waals surface area contributed by atoms with E-state index in [9.17, 15) is 0 Å². The van der Waals surface area contributed by atoms with Gasteiger partial charge in [0, 0.05) is 10.8 Å². The van der Waals surface area contributed by atoms with Crippen molar-refractivity contribution in [3.63, 3.8) is 0 Å². The van der Waals surface area contributed by atoms with Crippen molar-refractivity contribution in [1.82, 2.24) is 0 Å². The zero-order valence-corrected chi connectivity index (χ0v) is 17.4. The molecule has 0 aromatic heterocycles. The van der Waals surface area contributed by atoms with Crippen LogP contribution in [-0.4, -0.2) is 13.2 Å². The van der Waals surface area contributed by atoms with Crippen LogP contribution in [0.1, 0.15) is 49.9 Å². The second-order valence-corrected chi connectivity index (χ2v) is 8.64. The molecule has 0 saturated carbocycles. The Morgan fingerprint density at radius 2 is 1.00 bits per heavy atom. The lowest BCUT2D eigenvalue weighted by Gasteiger charge is -2.30. The van der Waals surface area contributed by atoms with Crippen molar-refractivity contribution in [2.24, 2.45) is 0 Å². The Kier molecular flexibility index (Phi) is 7.21. The van der Waals surface area contributed by atoms with E-state index in [0.717, 1.165) is 12.8 Å². The van der Waals surface area contributed by atoms with Crippen molar-refractivity contribution in [3.05, 3.63) is 96.1 Å². The van der Waals surface area contributed by atoms with Gasteiger partial charge < -0.3 is 4.74 Å². The van der Waals surface area contributed by atoms with Crippen molar-refractivity contribution in [2.45, 2.75) is 51.4 Å². The van der Waals surface area contributed by atoms with E-state index in [0.29, 0.717) is 13.2 Å². The maximum Gasteiger partial charge on any atom is 0.0558 e. The van der Waals surface area contributed by atoms with E-state index in [1.54, 1.807) is 0 Å². The summed E-state index contributed by atoms with van der Waals surface area (Å²) in [4.78, 5) is 0. The molecular weight excluding hydrogens is 328 g/mol. The molecule has 144 valence electrons. The first kappa shape index (κ1) is 21.2. The fraction of sp³-hybridized carbons (Fsp3) is 0.385. The first-order valence-electron chi connectivity index (χ1n) is 9.77. The molecule has 1 nitrogen and oxygen atoms in total. The van der Waals surface area contributed by atoms with Crippen LogP contribution in [0.4, 0.5) is 0 Å². The maximum absolute atomic E-state index is 6.20. The Labute approximate surface area is 165 Å². The molecule has 0 aliphatic carbocycles. The van der Waals surface area contributed by atoms with E-state index in [2.05, 4.69) is 89.4 Å². The minimum Gasteiger partial charge on any atom is -0.380 e. The molecule has 0 heterocycles. The fourth-order valence-corrected chi connectivity index (χ4v) is 3.25. The molecule has 1 heteroatoms. The van der Waals surface area contributed by atoms with Crippen LogP contribution >= 0.6 is 0 Å². The summed E-state index contributed by atoms with van der Waals surface area (Å²) < 4.78 is 6.20. The molecular formula is C26H34O. The average Bonchev–Trinajstić information content (AvgIpc) is 2.63. The topological polar surface area (TPSA) is 9.23 Å². The zero-order valence-electron chi connectivity index (χ0n) is 17.4. The third kappa shape index (κ3) is 5.94. The average molecular weight is 363 g/mol. The van der Waals surface area contributed by atoms with Gasteiger partial charge in [0.05, 0.1) is 13.2 Å². The lowest BCUT2D eigenvalue weighted by molar-refractivity contribution is 0.0633. The third-order valence-corrected chi connectivity index (χ3v) is 5.16. The summed E-state index contributed by atoms with van der Waals surface area (Å²) in [5.74, 6) is 0. The summed E-state index contributed by atoms with van der Waals surface area (Å²) in [6.45, 7) is 18.0. The molecule has 0 spiro atoms. The highest BCUT2D eigenvalue weighted by atomic mass is 16.5. The molecule has 0 amide bonds. The third-order valence-electron chi connectivity index (χ3n) is 5.16. The molecule has 0 fully saturated rings. The lowest BCUT2D eigenvalue weighted by atomic mass is 9.83. The van der Waals surface area contributed by atoms with Gasteiger partial charge >= 0.3 is 0 Å². The summed E-state index contributed by atoms with van der Waals surface area (Å²) in [5, 5.41) is 0. The van der Waals surface area contributed by atoms with Crippen molar-refractivity contribution < 1.29 is 4.74 Å². The van der Waals surface area contributed by atoms with Crippen LogP contribution in [0.25, 0.3) is 0 Å². The number of allylic oxidation sites excluding steroid dienone is 2. The predicted octanol–water partition coefficient (Wildman–Crippen LogP) is 6.42. The predicted molar refractivity (Wildman–Crippen MR) is 118 cm³/mol. The van der Waals surface area contributed by atoms with Crippen LogP contribution in [0.15, 0.2) is 73.8 Å². The second-order valence-electron chi connectivity index (χ2n) is 8.64. The standard InChI is InChI=1S/C26H34O/c1-7-9-21-11-15-23(16-12-21)25(3,4)19-27-20-26(5,6)24-17-13-22(10-8-2)14-18-24/h7-8,11-18H,1-2,9-10,19-20H2,3-6H3. The maximum atomic E-state index is 6.20. The van der Waals surface area contributed by atoms with E-state index in [1.807, 2.05) is 12.2 Å². The van der Waals surface area contributed by atoms with Gasteiger partial charge in [0.15, 0.2) is 0 Å². The molecule has 2 aromatic carbocycles. The van der Waals surface area contributed by atoms with Crippen LogP contribution in [0.2, 0.25) is 0 Å². The first-order chi connectivity index (χ1) is 12.8. The van der Waals surface area contributed by atoms with Gasteiger partial charge in [-0.1, -0.05) is 88.4 Å². The second kappa shape index (κ2) is 9.19. The Hall–Kier alpha value is -2.12. The number of ether oxygens (including phenoxy) is 1. The number of rotatable bonds is 10. The Morgan fingerprint density at radius 3 is 1.30 bits per heavy atom. The first-order valence-corrected chi connectivity index (χ1v) is 9.77. The van der Waals surface area contributed by atoms with Gasteiger partial charge in [-0.05, 0) is 35.1 Å². The summed E-state index contributed by atoms with van der Waals surface area (Å²) in [6.07, 6.45) is 5.71. The number of hydrogen-bond acceptors (Lipinski definition) is 1. The highest BCUT2D eigenvalue weighted by Gasteiger charge is 2.25.